The second-order valence-corrected chi connectivity index (χ2v) is 3.76. The van der Waals surface area contributed by atoms with Crippen molar-refractivity contribution in [2.45, 2.75) is 6.10 Å². The topological polar surface area (TPSA) is 42.4 Å². The maximum atomic E-state index is 13.1. The summed E-state index contributed by atoms with van der Waals surface area (Å²) in [6.45, 7) is 0. The Balaban J connectivity index is 2.37. The van der Waals surface area contributed by atoms with E-state index >= 15 is 0 Å². The van der Waals surface area contributed by atoms with Crippen LogP contribution in [0.3, 0.4) is 0 Å². The number of halogens is 2. The number of pyridine rings is 1. The van der Waals surface area contributed by atoms with E-state index in [1.165, 1.54) is 19.5 Å². The van der Waals surface area contributed by atoms with Crippen LogP contribution in [0.5, 0.6) is 5.75 Å². The summed E-state index contributed by atoms with van der Waals surface area (Å²) in [5.41, 5.74) is 0.530. The molecule has 1 aromatic carbocycles. The van der Waals surface area contributed by atoms with Gasteiger partial charge in [0.15, 0.2) is 0 Å². The maximum absolute atomic E-state index is 13.1. The Morgan fingerprint density at radius 2 is 1.72 bits per heavy atom. The largest absolute Gasteiger partial charge is 0.495 e. The summed E-state index contributed by atoms with van der Waals surface area (Å²) in [6.07, 6.45) is 1.73. The number of nitrogens with zero attached hydrogens (tertiary/aromatic N) is 1. The molecule has 1 heterocycles. The van der Waals surface area contributed by atoms with Crippen molar-refractivity contribution < 1.29 is 18.6 Å². The first-order valence-corrected chi connectivity index (χ1v) is 5.23. The quantitative estimate of drug-likeness (QED) is 0.911. The molecule has 0 aliphatic heterocycles. The first kappa shape index (κ1) is 12.4. The van der Waals surface area contributed by atoms with Gasteiger partial charge < -0.3 is 9.84 Å². The second-order valence-electron chi connectivity index (χ2n) is 3.76. The van der Waals surface area contributed by atoms with Crippen LogP contribution in [0.15, 0.2) is 36.7 Å². The van der Waals surface area contributed by atoms with Gasteiger partial charge in [0.25, 0.3) is 0 Å². The number of aliphatic hydroxyl groups is 1. The molecule has 0 aliphatic rings. The fraction of sp³-hybridized carbons (Fsp3) is 0.154. The highest BCUT2D eigenvalue weighted by Crippen LogP contribution is 2.25. The van der Waals surface area contributed by atoms with Gasteiger partial charge in [-0.05, 0) is 23.8 Å². The van der Waals surface area contributed by atoms with E-state index in [1.807, 2.05) is 0 Å². The third-order valence-electron chi connectivity index (χ3n) is 2.49. The number of rotatable bonds is 3. The molecule has 94 valence electrons. The Labute approximate surface area is 103 Å². The Morgan fingerprint density at radius 1 is 1.06 bits per heavy atom. The Kier molecular flexibility index (Phi) is 3.53. The molecule has 0 fully saturated rings. The summed E-state index contributed by atoms with van der Waals surface area (Å²) in [7, 11) is 1.47. The van der Waals surface area contributed by atoms with Crippen LogP contribution in [0.2, 0.25) is 0 Å². The molecule has 2 rings (SSSR count). The number of methoxy groups -OCH3 is 1. The summed E-state index contributed by atoms with van der Waals surface area (Å²) in [5.74, 6) is -1.01. The van der Waals surface area contributed by atoms with Crippen LogP contribution in [-0.4, -0.2) is 17.2 Å². The Bertz CT molecular complexity index is 540. The maximum Gasteiger partial charge on any atom is 0.137 e. The van der Waals surface area contributed by atoms with Crippen molar-refractivity contribution in [3.05, 3.63) is 59.4 Å². The zero-order valence-corrected chi connectivity index (χ0v) is 9.60. The van der Waals surface area contributed by atoms with Gasteiger partial charge in [-0.1, -0.05) is 0 Å². The molecule has 0 amide bonds. The molecular weight excluding hydrogens is 240 g/mol. The van der Waals surface area contributed by atoms with Crippen LogP contribution in [0.25, 0.3) is 0 Å². The molecule has 0 radical (unpaired) electrons. The van der Waals surface area contributed by atoms with Gasteiger partial charge in [0.2, 0.25) is 0 Å². The van der Waals surface area contributed by atoms with E-state index in [0.29, 0.717) is 11.3 Å². The lowest BCUT2D eigenvalue weighted by Gasteiger charge is -2.12. The molecule has 5 heteroatoms. The van der Waals surface area contributed by atoms with Crippen LogP contribution < -0.4 is 4.74 Å². The van der Waals surface area contributed by atoms with Crippen molar-refractivity contribution in [2.24, 2.45) is 0 Å². The first-order chi connectivity index (χ1) is 8.60. The zero-order chi connectivity index (χ0) is 13.1. The standard InChI is InChI=1S/C13H11F2NO2/c1-18-12-4-9(6-16-7-12)13(17)8-2-10(14)5-11(15)3-8/h2-7,13,17H,1H3. The average molecular weight is 251 g/mol. The lowest BCUT2D eigenvalue weighted by atomic mass is 10.0. The highest BCUT2D eigenvalue weighted by atomic mass is 19.1. The molecular formula is C13H11F2NO2. The minimum Gasteiger partial charge on any atom is -0.495 e. The van der Waals surface area contributed by atoms with E-state index in [9.17, 15) is 13.9 Å². The monoisotopic (exact) mass is 251 g/mol. The molecule has 3 nitrogen and oxygen atoms in total. The fourth-order valence-electron chi connectivity index (χ4n) is 1.62. The Hall–Kier alpha value is -2.01. The number of benzene rings is 1. The molecule has 18 heavy (non-hydrogen) atoms. The normalized spacial score (nSPS) is 12.2. The summed E-state index contributed by atoms with van der Waals surface area (Å²) in [5, 5.41) is 10.0. The van der Waals surface area contributed by atoms with E-state index < -0.39 is 17.7 Å². The molecule has 0 saturated carbocycles. The molecule has 1 unspecified atom stereocenters. The molecule has 1 aromatic heterocycles. The Morgan fingerprint density at radius 3 is 2.33 bits per heavy atom. The third kappa shape index (κ3) is 2.62. The number of ether oxygens (including phenoxy) is 1. The lowest BCUT2D eigenvalue weighted by Crippen LogP contribution is -2.02. The molecule has 2 aromatic rings. The van der Waals surface area contributed by atoms with Crippen molar-refractivity contribution in [1.82, 2.24) is 4.98 Å². The molecule has 1 atom stereocenters. The van der Waals surface area contributed by atoms with Crippen LogP contribution in [0.4, 0.5) is 8.78 Å². The van der Waals surface area contributed by atoms with Crippen molar-refractivity contribution >= 4 is 0 Å². The molecule has 0 saturated heterocycles. The summed E-state index contributed by atoms with van der Waals surface area (Å²) >= 11 is 0. The van der Waals surface area contributed by atoms with Crippen molar-refractivity contribution in [1.29, 1.82) is 0 Å². The lowest BCUT2D eigenvalue weighted by molar-refractivity contribution is 0.218. The zero-order valence-electron chi connectivity index (χ0n) is 9.60. The molecule has 0 bridgehead atoms. The highest BCUT2D eigenvalue weighted by Gasteiger charge is 2.14. The van der Waals surface area contributed by atoms with Gasteiger partial charge in [-0.15, -0.1) is 0 Å². The van der Waals surface area contributed by atoms with E-state index in [-0.39, 0.29) is 5.56 Å². The van der Waals surface area contributed by atoms with Crippen LogP contribution >= 0.6 is 0 Å². The summed E-state index contributed by atoms with van der Waals surface area (Å²) in [6, 6.07) is 4.46. The predicted molar refractivity (Wildman–Crippen MR) is 61.2 cm³/mol. The summed E-state index contributed by atoms with van der Waals surface area (Å²) in [4.78, 5) is 3.87. The third-order valence-corrected chi connectivity index (χ3v) is 2.49. The number of hydrogen-bond acceptors (Lipinski definition) is 3. The minimum atomic E-state index is -1.15. The van der Waals surface area contributed by atoms with E-state index in [1.54, 1.807) is 6.07 Å². The summed E-state index contributed by atoms with van der Waals surface area (Å²) < 4.78 is 31.1. The van der Waals surface area contributed by atoms with Gasteiger partial charge in [-0.3, -0.25) is 4.98 Å². The average Bonchev–Trinajstić information content (AvgIpc) is 2.37. The molecule has 1 N–H and O–H groups in total. The predicted octanol–water partition coefficient (Wildman–Crippen LogP) is 2.45. The van der Waals surface area contributed by atoms with Gasteiger partial charge in [-0.25, -0.2) is 8.78 Å². The van der Waals surface area contributed by atoms with Gasteiger partial charge >= 0.3 is 0 Å². The van der Waals surface area contributed by atoms with E-state index in [0.717, 1.165) is 18.2 Å². The van der Waals surface area contributed by atoms with Crippen molar-refractivity contribution in [2.75, 3.05) is 7.11 Å². The smallest absolute Gasteiger partial charge is 0.137 e. The van der Waals surface area contributed by atoms with Crippen LogP contribution in [0.1, 0.15) is 17.2 Å². The second kappa shape index (κ2) is 5.10. The van der Waals surface area contributed by atoms with Crippen molar-refractivity contribution in [3.63, 3.8) is 0 Å². The minimum absolute atomic E-state index is 0.127. The van der Waals surface area contributed by atoms with Gasteiger partial charge in [0, 0.05) is 17.8 Å². The van der Waals surface area contributed by atoms with Crippen LogP contribution in [0, 0.1) is 11.6 Å². The first-order valence-electron chi connectivity index (χ1n) is 5.23. The highest BCUT2D eigenvalue weighted by molar-refractivity contribution is 5.32. The number of hydrogen-bond donors (Lipinski definition) is 1. The van der Waals surface area contributed by atoms with E-state index in [4.69, 9.17) is 4.74 Å². The van der Waals surface area contributed by atoms with Crippen molar-refractivity contribution in [3.8, 4) is 5.75 Å². The number of aliphatic hydroxyl groups excluding tert-OH is 1. The van der Waals surface area contributed by atoms with E-state index in [2.05, 4.69) is 4.98 Å². The molecule has 0 spiro atoms. The van der Waals surface area contributed by atoms with Crippen LogP contribution in [-0.2, 0) is 0 Å². The van der Waals surface area contributed by atoms with Gasteiger partial charge in [-0.2, -0.15) is 0 Å². The number of aromatic nitrogens is 1. The SMILES string of the molecule is COc1cncc(C(O)c2cc(F)cc(F)c2)c1. The molecule has 0 aliphatic carbocycles. The van der Waals surface area contributed by atoms with Gasteiger partial charge in [0.1, 0.15) is 23.5 Å². The fourth-order valence-corrected chi connectivity index (χ4v) is 1.62. The van der Waals surface area contributed by atoms with Gasteiger partial charge in [0.05, 0.1) is 13.3 Å².